The molecule has 3 aromatic rings. The second kappa shape index (κ2) is 6.06. The molecule has 5 nitrogen and oxygen atoms in total. The minimum atomic E-state index is -0.528. The molecule has 22 heavy (non-hydrogen) atoms. The molecule has 0 fully saturated rings. The van der Waals surface area contributed by atoms with Crippen molar-refractivity contribution in [1.82, 2.24) is 14.8 Å². The topological polar surface area (TPSA) is 66.5 Å². The minimum Gasteiger partial charge on any atom is -0.380 e. The van der Waals surface area contributed by atoms with Crippen LogP contribution in [0.1, 0.15) is 11.1 Å². The molecule has 6 heteroatoms. The summed E-state index contributed by atoms with van der Waals surface area (Å²) in [4.78, 5) is 4.25. The van der Waals surface area contributed by atoms with Crippen molar-refractivity contribution in [3.05, 3.63) is 71.9 Å². The number of nitrogens with zero attached hydrogens (tertiary/aromatic N) is 4. The van der Waals surface area contributed by atoms with Crippen LogP contribution in [0, 0.1) is 17.1 Å². The van der Waals surface area contributed by atoms with Crippen LogP contribution in [0.15, 0.2) is 55.0 Å². The van der Waals surface area contributed by atoms with Gasteiger partial charge >= 0.3 is 0 Å². The van der Waals surface area contributed by atoms with E-state index < -0.39 is 5.82 Å². The third-order valence-electron chi connectivity index (χ3n) is 3.16. The number of benzene rings is 1. The van der Waals surface area contributed by atoms with E-state index in [1.165, 1.54) is 6.07 Å². The fourth-order valence-electron chi connectivity index (χ4n) is 2.08. The predicted octanol–water partition coefficient (Wildman–Crippen LogP) is 2.89. The molecule has 0 amide bonds. The SMILES string of the molecule is N#Cc1c(F)cccc1NCc1ccnc(-n2cccn2)c1. The third kappa shape index (κ3) is 2.79. The van der Waals surface area contributed by atoms with Gasteiger partial charge < -0.3 is 5.32 Å². The Balaban J connectivity index is 1.79. The molecule has 2 aromatic heterocycles. The Morgan fingerprint density at radius 1 is 1.23 bits per heavy atom. The summed E-state index contributed by atoms with van der Waals surface area (Å²) in [5.41, 5.74) is 1.44. The summed E-state index contributed by atoms with van der Waals surface area (Å²) in [6.45, 7) is 0.453. The van der Waals surface area contributed by atoms with Gasteiger partial charge in [0.05, 0.1) is 5.69 Å². The molecule has 0 spiro atoms. The van der Waals surface area contributed by atoms with E-state index in [9.17, 15) is 4.39 Å². The number of pyridine rings is 1. The van der Waals surface area contributed by atoms with E-state index in [4.69, 9.17) is 5.26 Å². The Morgan fingerprint density at radius 2 is 2.14 bits per heavy atom. The summed E-state index contributed by atoms with van der Waals surface area (Å²) < 4.78 is 15.2. The highest BCUT2D eigenvalue weighted by Gasteiger charge is 2.07. The molecule has 0 saturated carbocycles. The normalized spacial score (nSPS) is 10.2. The molecular weight excluding hydrogens is 281 g/mol. The first-order chi connectivity index (χ1) is 10.8. The van der Waals surface area contributed by atoms with Gasteiger partial charge in [-0.2, -0.15) is 10.4 Å². The highest BCUT2D eigenvalue weighted by atomic mass is 19.1. The second-order valence-corrected chi connectivity index (χ2v) is 4.60. The number of hydrogen-bond donors (Lipinski definition) is 1. The van der Waals surface area contributed by atoms with E-state index in [0.29, 0.717) is 18.1 Å². The van der Waals surface area contributed by atoms with E-state index >= 15 is 0 Å². The molecular formula is C16H12FN5. The van der Waals surface area contributed by atoms with Gasteiger partial charge in [-0.05, 0) is 35.9 Å². The Hall–Kier alpha value is -3.20. The van der Waals surface area contributed by atoms with Crippen LogP contribution in [0.25, 0.3) is 5.82 Å². The molecule has 2 heterocycles. The molecule has 0 atom stereocenters. The smallest absolute Gasteiger partial charge is 0.153 e. The monoisotopic (exact) mass is 293 g/mol. The maximum atomic E-state index is 13.5. The van der Waals surface area contributed by atoms with Crippen molar-refractivity contribution in [1.29, 1.82) is 5.26 Å². The van der Waals surface area contributed by atoms with Crippen LogP contribution in [0.2, 0.25) is 0 Å². The van der Waals surface area contributed by atoms with Gasteiger partial charge in [-0.1, -0.05) is 6.07 Å². The molecule has 0 unspecified atom stereocenters. The van der Waals surface area contributed by atoms with Crippen LogP contribution in [-0.4, -0.2) is 14.8 Å². The third-order valence-corrected chi connectivity index (χ3v) is 3.16. The molecule has 0 aliphatic rings. The van der Waals surface area contributed by atoms with Crippen molar-refractivity contribution in [3.63, 3.8) is 0 Å². The summed E-state index contributed by atoms with van der Waals surface area (Å²) in [5.74, 6) is 0.170. The van der Waals surface area contributed by atoms with Gasteiger partial charge in [0, 0.05) is 25.1 Å². The average molecular weight is 293 g/mol. The van der Waals surface area contributed by atoms with Gasteiger partial charge in [0.2, 0.25) is 0 Å². The number of aromatic nitrogens is 3. The van der Waals surface area contributed by atoms with Crippen molar-refractivity contribution in [3.8, 4) is 11.9 Å². The van der Waals surface area contributed by atoms with Crippen LogP contribution in [0.5, 0.6) is 0 Å². The summed E-state index contributed by atoms with van der Waals surface area (Å²) >= 11 is 0. The van der Waals surface area contributed by atoms with Gasteiger partial charge in [-0.15, -0.1) is 0 Å². The fourth-order valence-corrected chi connectivity index (χ4v) is 2.08. The quantitative estimate of drug-likeness (QED) is 0.803. The summed E-state index contributed by atoms with van der Waals surface area (Å²) in [7, 11) is 0. The Morgan fingerprint density at radius 3 is 2.91 bits per heavy atom. The van der Waals surface area contributed by atoms with Gasteiger partial charge in [0.1, 0.15) is 17.4 Å². The van der Waals surface area contributed by atoms with E-state index in [0.717, 1.165) is 5.56 Å². The first-order valence-corrected chi connectivity index (χ1v) is 6.65. The lowest BCUT2D eigenvalue weighted by Gasteiger charge is -2.09. The molecule has 0 saturated heterocycles. The van der Waals surface area contributed by atoms with Crippen LogP contribution in [0.4, 0.5) is 10.1 Å². The zero-order valence-corrected chi connectivity index (χ0v) is 11.6. The van der Waals surface area contributed by atoms with Gasteiger partial charge in [0.15, 0.2) is 5.82 Å². The van der Waals surface area contributed by atoms with Gasteiger partial charge in [-0.25, -0.2) is 14.1 Å². The molecule has 0 radical (unpaired) electrons. The average Bonchev–Trinajstić information content (AvgIpc) is 3.08. The zero-order chi connectivity index (χ0) is 15.4. The van der Waals surface area contributed by atoms with E-state index in [1.807, 2.05) is 24.3 Å². The summed E-state index contributed by atoms with van der Waals surface area (Å²) in [6, 6.07) is 11.9. The second-order valence-electron chi connectivity index (χ2n) is 4.60. The van der Waals surface area contributed by atoms with Crippen LogP contribution in [-0.2, 0) is 6.54 Å². The summed E-state index contributed by atoms with van der Waals surface area (Å²) in [6.07, 6.45) is 5.17. The highest BCUT2D eigenvalue weighted by molar-refractivity contribution is 5.58. The minimum absolute atomic E-state index is 0.0175. The fraction of sp³-hybridized carbons (Fsp3) is 0.0625. The van der Waals surface area contributed by atoms with Crippen molar-refractivity contribution in [2.45, 2.75) is 6.54 Å². The Kier molecular flexibility index (Phi) is 3.79. The Bertz CT molecular complexity index is 821. The molecule has 1 N–H and O–H groups in total. The first kappa shape index (κ1) is 13.8. The number of halogens is 1. The maximum absolute atomic E-state index is 13.5. The molecule has 0 aliphatic heterocycles. The number of rotatable bonds is 4. The zero-order valence-electron chi connectivity index (χ0n) is 11.6. The molecule has 3 rings (SSSR count). The number of nitriles is 1. The van der Waals surface area contributed by atoms with Crippen LogP contribution < -0.4 is 5.32 Å². The largest absolute Gasteiger partial charge is 0.380 e. The standard InChI is InChI=1S/C16H12FN5/c17-14-3-1-4-15(13(14)10-18)20-11-12-5-7-19-16(9-12)22-8-2-6-21-22/h1-9,20H,11H2. The van der Waals surface area contributed by atoms with E-state index in [-0.39, 0.29) is 5.56 Å². The predicted molar refractivity (Wildman–Crippen MR) is 79.8 cm³/mol. The first-order valence-electron chi connectivity index (χ1n) is 6.65. The lowest BCUT2D eigenvalue weighted by atomic mass is 10.1. The molecule has 1 aromatic carbocycles. The highest BCUT2D eigenvalue weighted by Crippen LogP contribution is 2.18. The van der Waals surface area contributed by atoms with Crippen molar-refractivity contribution in [2.75, 3.05) is 5.32 Å². The molecule has 108 valence electrons. The Labute approximate surface area is 126 Å². The lowest BCUT2D eigenvalue weighted by molar-refractivity contribution is 0.624. The molecule has 0 bridgehead atoms. The lowest BCUT2D eigenvalue weighted by Crippen LogP contribution is -2.04. The molecule has 0 aliphatic carbocycles. The van der Waals surface area contributed by atoms with Crippen molar-refractivity contribution >= 4 is 5.69 Å². The number of nitrogens with one attached hydrogen (secondary N) is 1. The van der Waals surface area contributed by atoms with Gasteiger partial charge in [0.25, 0.3) is 0 Å². The van der Waals surface area contributed by atoms with Gasteiger partial charge in [-0.3, -0.25) is 0 Å². The van der Waals surface area contributed by atoms with Crippen molar-refractivity contribution in [2.24, 2.45) is 0 Å². The maximum Gasteiger partial charge on any atom is 0.153 e. The van der Waals surface area contributed by atoms with E-state index in [2.05, 4.69) is 15.4 Å². The van der Waals surface area contributed by atoms with E-state index in [1.54, 1.807) is 35.4 Å². The van der Waals surface area contributed by atoms with Crippen LogP contribution in [0.3, 0.4) is 0 Å². The summed E-state index contributed by atoms with van der Waals surface area (Å²) in [5, 5.41) is 16.2. The van der Waals surface area contributed by atoms with Crippen molar-refractivity contribution < 1.29 is 4.39 Å². The van der Waals surface area contributed by atoms with Crippen LogP contribution >= 0.6 is 0 Å². The number of anilines is 1. The number of hydrogen-bond acceptors (Lipinski definition) is 4.